The quantitative estimate of drug-likeness (QED) is 0.306. The molecule has 0 radical (unpaired) electrons. The average Bonchev–Trinajstić information content (AvgIpc) is 2.90. The van der Waals surface area contributed by atoms with Gasteiger partial charge in [0.1, 0.15) is 11.5 Å². The molecule has 0 saturated heterocycles. The third-order valence-electron chi connectivity index (χ3n) is 8.16. The Morgan fingerprint density at radius 2 is 1.60 bits per heavy atom. The monoisotopic (exact) mass is 550 g/mol. The molecule has 2 unspecified atom stereocenters. The van der Waals surface area contributed by atoms with Crippen LogP contribution >= 0.6 is 0 Å². The van der Waals surface area contributed by atoms with Crippen molar-refractivity contribution >= 4 is 29.0 Å². The van der Waals surface area contributed by atoms with E-state index in [9.17, 15) is 14.4 Å². The normalized spacial score (nSPS) is 16.4. The van der Waals surface area contributed by atoms with Crippen LogP contribution in [0, 0.1) is 5.41 Å². The number of hydrogen-bond acceptors (Lipinski definition) is 5. The minimum Gasteiger partial charge on any atom is -0.480 e. The minimum atomic E-state index is -1.21. The first kappa shape index (κ1) is 31.2. The first-order valence-corrected chi connectivity index (χ1v) is 14.3. The smallest absolute Gasteiger partial charge is 0.273 e. The van der Waals surface area contributed by atoms with Gasteiger partial charge in [-0.25, -0.2) is 0 Å². The van der Waals surface area contributed by atoms with Crippen molar-refractivity contribution in [1.82, 2.24) is 0 Å². The Bertz CT molecular complexity index is 1270. The van der Waals surface area contributed by atoms with Gasteiger partial charge in [-0.3, -0.25) is 14.4 Å². The van der Waals surface area contributed by atoms with Crippen LogP contribution in [-0.2, 0) is 25.2 Å². The molecule has 2 aromatic carbocycles. The number of rotatable bonds is 10. The molecule has 218 valence electrons. The van der Waals surface area contributed by atoms with E-state index < -0.39 is 23.5 Å². The van der Waals surface area contributed by atoms with Crippen molar-refractivity contribution in [2.75, 3.05) is 10.6 Å². The van der Waals surface area contributed by atoms with Gasteiger partial charge in [0.2, 0.25) is 6.10 Å². The first-order valence-electron chi connectivity index (χ1n) is 14.3. The first-order chi connectivity index (χ1) is 18.5. The van der Waals surface area contributed by atoms with Crippen LogP contribution in [0.4, 0.5) is 11.4 Å². The molecule has 1 aliphatic rings. The molecule has 0 aromatic heterocycles. The van der Waals surface area contributed by atoms with Crippen molar-refractivity contribution in [3.8, 4) is 11.5 Å². The zero-order valence-corrected chi connectivity index (χ0v) is 25.8. The molecule has 7 heteroatoms. The fraction of sp³-hybridized carbons (Fsp3) is 0.545. The van der Waals surface area contributed by atoms with Crippen LogP contribution in [-0.4, -0.2) is 29.8 Å². The topological polar surface area (TPSA) is 93.7 Å². The number of hydrogen-bond donors (Lipinski definition) is 2. The lowest BCUT2D eigenvalue weighted by molar-refractivity contribution is -0.141. The highest BCUT2D eigenvalue weighted by atomic mass is 16.5. The molecule has 1 aliphatic heterocycles. The van der Waals surface area contributed by atoms with Gasteiger partial charge in [-0.2, -0.15) is 0 Å². The summed E-state index contributed by atoms with van der Waals surface area (Å²) in [6.45, 7) is 20.4. The molecule has 0 aliphatic carbocycles. The van der Waals surface area contributed by atoms with E-state index in [2.05, 4.69) is 64.3 Å². The predicted octanol–water partition coefficient (Wildman–Crippen LogP) is 7.17. The van der Waals surface area contributed by atoms with E-state index >= 15 is 0 Å². The molecule has 0 saturated carbocycles. The average molecular weight is 551 g/mol. The van der Waals surface area contributed by atoms with Crippen molar-refractivity contribution in [1.29, 1.82) is 0 Å². The molecule has 0 fully saturated rings. The Balaban J connectivity index is 1.82. The molecule has 2 aromatic rings. The van der Waals surface area contributed by atoms with Crippen molar-refractivity contribution in [3.63, 3.8) is 0 Å². The van der Waals surface area contributed by atoms with Gasteiger partial charge in [-0.15, -0.1) is 0 Å². The molecule has 2 N–H and O–H groups in total. The van der Waals surface area contributed by atoms with Crippen molar-refractivity contribution < 1.29 is 23.9 Å². The summed E-state index contributed by atoms with van der Waals surface area (Å²) in [5.74, 6) is -0.0148. The number of nitrogens with one attached hydrogen (secondary N) is 2. The molecule has 40 heavy (non-hydrogen) atoms. The highest BCUT2D eigenvalue weighted by Gasteiger charge is 2.39. The van der Waals surface area contributed by atoms with E-state index in [-0.39, 0.29) is 22.5 Å². The van der Waals surface area contributed by atoms with E-state index in [1.807, 2.05) is 13.0 Å². The number of carbonyl (C=O) groups is 3. The molecule has 0 spiro atoms. The molecular weight excluding hydrogens is 504 g/mol. The third-order valence-corrected chi connectivity index (χ3v) is 8.16. The predicted molar refractivity (Wildman–Crippen MR) is 160 cm³/mol. The van der Waals surface area contributed by atoms with E-state index in [4.69, 9.17) is 9.47 Å². The maximum absolute atomic E-state index is 13.3. The van der Waals surface area contributed by atoms with Gasteiger partial charge in [0.15, 0.2) is 11.9 Å². The zero-order valence-electron chi connectivity index (χ0n) is 25.8. The van der Waals surface area contributed by atoms with E-state index in [0.717, 1.165) is 18.4 Å². The van der Waals surface area contributed by atoms with Crippen LogP contribution in [0.1, 0.15) is 99.6 Å². The second kappa shape index (κ2) is 11.6. The number of fused-ring (bicyclic) bond motifs is 1. The fourth-order valence-electron chi connectivity index (χ4n) is 4.43. The van der Waals surface area contributed by atoms with Crippen molar-refractivity contribution in [2.45, 2.75) is 112 Å². The second-order valence-corrected chi connectivity index (χ2v) is 13.0. The summed E-state index contributed by atoms with van der Waals surface area (Å²) >= 11 is 0. The van der Waals surface area contributed by atoms with E-state index in [1.54, 1.807) is 39.0 Å². The summed E-state index contributed by atoms with van der Waals surface area (Å²) in [7, 11) is 0. The van der Waals surface area contributed by atoms with Gasteiger partial charge >= 0.3 is 0 Å². The second-order valence-electron chi connectivity index (χ2n) is 13.0. The number of ketones is 1. The summed E-state index contributed by atoms with van der Waals surface area (Å²) < 4.78 is 12.1. The Kier molecular flexibility index (Phi) is 9.07. The van der Waals surface area contributed by atoms with Crippen molar-refractivity contribution in [2.24, 2.45) is 5.41 Å². The van der Waals surface area contributed by atoms with Gasteiger partial charge in [0, 0.05) is 16.7 Å². The Labute approximate surface area is 239 Å². The van der Waals surface area contributed by atoms with Crippen LogP contribution in [0.5, 0.6) is 11.5 Å². The zero-order chi connectivity index (χ0) is 30.0. The van der Waals surface area contributed by atoms with Gasteiger partial charge in [0.25, 0.3) is 11.8 Å². The molecule has 0 bridgehead atoms. The van der Waals surface area contributed by atoms with Crippen LogP contribution < -0.4 is 20.1 Å². The van der Waals surface area contributed by atoms with Gasteiger partial charge in [0.05, 0.1) is 5.69 Å². The lowest BCUT2D eigenvalue weighted by atomic mass is 9.76. The summed E-state index contributed by atoms with van der Waals surface area (Å²) in [4.78, 5) is 38.6. The van der Waals surface area contributed by atoms with Crippen LogP contribution in [0.3, 0.4) is 0 Å². The number of carbonyl (C=O) groups excluding carboxylic acids is 3. The highest BCUT2D eigenvalue weighted by Crippen LogP contribution is 2.39. The lowest BCUT2D eigenvalue weighted by Crippen LogP contribution is -2.47. The largest absolute Gasteiger partial charge is 0.480 e. The lowest BCUT2D eigenvalue weighted by Gasteiger charge is -2.31. The number of Topliss-reactive ketones (excluding diaryl/α,β-unsaturated/α-hetero) is 1. The number of benzene rings is 2. The maximum atomic E-state index is 13.3. The van der Waals surface area contributed by atoms with Gasteiger partial charge in [-0.05, 0) is 59.9 Å². The molecule has 1 heterocycles. The van der Waals surface area contributed by atoms with Gasteiger partial charge in [-0.1, -0.05) is 81.4 Å². The highest BCUT2D eigenvalue weighted by molar-refractivity contribution is 6.13. The van der Waals surface area contributed by atoms with E-state index in [1.165, 1.54) is 5.56 Å². The number of amides is 2. The maximum Gasteiger partial charge on any atom is 0.273 e. The third kappa shape index (κ3) is 6.68. The van der Waals surface area contributed by atoms with E-state index in [0.29, 0.717) is 29.3 Å². The fourth-order valence-corrected chi connectivity index (χ4v) is 4.43. The molecule has 3 rings (SSSR count). The number of ether oxygens (including phenoxy) is 2. The van der Waals surface area contributed by atoms with Crippen LogP contribution in [0.2, 0.25) is 0 Å². The number of anilines is 2. The summed E-state index contributed by atoms with van der Waals surface area (Å²) in [5, 5.41) is 5.66. The summed E-state index contributed by atoms with van der Waals surface area (Å²) in [6, 6.07) is 11.3. The molecular formula is C33H46N2O5. The SMILES string of the molecule is CCC(Oc1ccc(C(C)(C)CC)cc1C(C)(C)CC)C(=O)Nc1ccc2c(c1)NC(=O)C(C(=O)C(C)(C)C)O2. The molecule has 2 amide bonds. The standard InChI is InChI=1S/C33H46N2O5/c1-11-24(39-25-16-14-20(32(7,8)12-2)18-22(25)33(9,10)13-3)29(37)34-21-15-17-26-23(19-21)35-30(38)27(40-26)28(36)31(4,5)6/h14-19,24,27H,11-13H2,1-10H3,(H,34,37)(H,35,38). The van der Waals surface area contributed by atoms with Crippen LogP contribution in [0.25, 0.3) is 0 Å². The summed E-state index contributed by atoms with van der Waals surface area (Å²) in [5.41, 5.74) is 2.41. The Morgan fingerprint density at radius 1 is 0.950 bits per heavy atom. The molecule has 7 nitrogen and oxygen atoms in total. The minimum absolute atomic E-state index is 0.0320. The van der Waals surface area contributed by atoms with Crippen LogP contribution in [0.15, 0.2) is 36.4 Å². The molecule has 2 atom stereocenters. The van der Waals surface area contributed by atoms with Crippen molar-refractivity contribution in [3.05, 3.63) is 47.5 Å². The summed E-state index contributed by atoms with van der Waals surface area (Å²) in [6.07, 6.45) is 0.488. The Morgan fingerprint density at radius 3 is 2.17 bits per heavy atom. The van der Waals surface area contributed by atoms with Gasteiger partial charge < -0.3 is 20.1 Å². The Hall–Kier alpha value is -3.35.